The first-order chi connectivity index (χ1) is 5.58. The highest BCUT2D eigenvalue weighted by Gasteiger charge is 2.27. The van der Waals surface area contributed by atoms with Gasteiger partial charge in [-0.1, -0.05) is 0 Å². The molecule has 1 heterocycles. The van der Waals surface area contributed by atoms with Crippen molar-refractivity contribution in [2.45, 2.75) is 19.9 Å². The van der Waals surface area contributed by atoms with Crippen LogP contribution in [0.4, 0.5) is 0 Å². The zero-order valence-electron chi connectivity index (χ0n) is 7.33. The molecule has 0 aromatic carbocycles. The van der Waals surface area contributed by atoms with Crippen LogP contribution in [0.15, 0.2) is 18.3 Å². The lowest BCUT2D eigenvalue weighted by atomic mass is 9.85. The van der Waals surface area contributed by atoms with Crippen molar-refractivity contribution in [3.05, 3.63) is 24.0 Å². The van der Waals surface area contributed by atoms with Crippen molar-refractivity contribution < 1.29 is 0 Å². The van der Waals surface area contributed by atoms with Crippen LogP contribution < -0.4 is 5.73 Å². The van der Waals surface area contributed by atoms with Gasteiger partial charge < -0.3 is 10.7 Å². The van der Waals surface area contributed by atoms with Gasteiger partial charge in [-0.15, -0.1) is 0 Å². The van der Waals surface area contributed by atoms with E-state index in [1.807, 2.05) is 32.2 Å². The fraction of sp³-hybridized carbons (Fsp3) is 0.444. The number of rotatable bonds is 2. The number of H-pyrrole nitrogens is 1. The van der Waals surface area contributed by atoms with Crippen LogP contribution in [0.2, 0.25) is 0 Å². The summed E-state index contributed by atoms with van der Waals surface area (Å²) >= 11 is 0. The quantitative estimate of drug-likeness (QED) is 0.694. The third kappa shape index (κ3) is 1.49. The number of aromatic amines is 1. The molecule has 0 amide bonds. The van der Waals surface area contributed by atoms with Crippen LogP contribution in [0.25, 0.3) is 0 Å². The molecular weight excluding hydrogens is 150 g/mol. The summed E-state index contributed by atoms with van der Waals surface area (Å²) in [5, 5.41) is 8.82. The number of aromatic nitrogens is 1. The van der Waals surface area contributed by atoms with E-state index in [0.29, 0.717) is 0 Å². The molecule has 3 N–H and O–H groups in total. The van der Waals surface area contributed by atoms with E-state index >= 15 is 0 Å². The van der Waals surface area contributed by atoms with Gasteiger partial charge >= 0.3 is 0 Å². The fourth-order valence-corrected chi connectivity index (χ4v) is 0.996. The first-order valence-corrected chi connectivity index (χ1v) is 3.88. The first-order valence-electron chi connectivity index (χ1n) is 3.88. The van der Waals surface area contributed by atoms with Crippen LogP contribution in [-0.2, 0) is 0 Å². The summed E-state index contributed by atoms with van der Waals surface area (Å²) in [5.74, 6) is 0. The molecule has 0 aliphatic carbocycles. The minimum Gasteiger partial charge on any atom is -0.364 e. The topological polar surface area (TPSA) is 65.6 Å². The zero-order chi connectivity index (χ0) is 9.19. The Morgan fingerprint density at radius 2 is 2.33 bits per heavy atom. The van der Waals surface area contributed by atoms with Gasteiger partial charge in [-0.25, -0.2) is 0 Å². The van der Waals surface area contributed by atoms with E-state index in [2.05, 4.69) is 11.1 Å². The van der Waals surface area contributed by atoms with Gasteiger partial charge in [0.2, 0.25) is 0 Å². The van der Waals surface area contributed by atoms with Crippen LogP contribution in [-0.4, -0.2) is 4.98 Å². The summed E-state index contributed by atoms with van der Waals surface area (Å²) in [4.78, 5) is 3.00. The maximum atomic E-state index is 8.82. The predicted molar refractivity (Wildman–Crippen MR) is 47.1 cm³/mol. The molecule has 12 heavy (non-hydrogen) atoms. The molecule has 0 aliphatic heterocycles. The van der Waals surface area contributed by atoms with Gasteiger partial charge in [-0.2, -0.15) is 5.26 Å². The average Bonchev–Trinajstić information content (AvgIpc) is 2.55. The Hall–Kier alpha value is -1.27. The van der Waals surface area contributed by atoms with Crippen molar-refractivity contribution in [3.63, 3.8) is 0 Å². The first kappa shape index (κ1) is 8.82. The third-order valence-electron chi connectivity index (χ3n) is 2.02. The summed E-state index contributed by atoms with van der Waals surface area (Å²) in [7, 11) is 0. The van der Waals surface area contributed by atoms with Crippen molar-refractivity contribution in [2.75, 3.05) is 0 Å². The highest BCUT2D eigenvalue weighted by Crippen LogP contribution is 2.28. The van der Waals surface area contributed by atoms with Crippen LogP contribution in [0.5, 0.6) is 0 Å². The Morgan fingerprint density at radius 3 is 2.75 bits per heavy atom. The molecule has 0 bridgehead atoms. The van der Waals surface area contributed by atoms with Gasteiger partial charge in [-0.05, 0) is 26.0 Å². The van der Waals surface area contributed by atoms with Crippen molar-refractivity contribution in [3.8, 4) is 6.07 Å². The zero-order valence-corrected chi connectivity index (χ0v) is 7.33. The summed E-state index contributed by atoms with van der Waals surface area (Å²) in [5.41, 5.74) is 6.26. The molecule has 1 unspecified atom stereocenters. The molecule has 0 fully saturated rings. The molecule has 1 rings (SSSR count). The molecule has 3 heteroatoms. The monoisotopic (exact) mass is 163 g/mol. The highest BCUT2D eigenvalue weighted by molar-refractivity contribution is 5.15. The SMILES string of the molecule is CC(C)(C#N)C(N)c1ccc[nH]1. The lowest BCUT2D eigenvalue weighted by Crippen LogP contribution is -2.27. The Kier molecular flexibility index (Phi) is 2.20. The van der Waals surface area contributed by atoms with E-state index in [9.17, 15) is 0 Å². The number of nitriles is 1. The predicted octanol–water partition coefficient (Wildman–Crippen LogP) is 1.56. The second-order valence-corrected chi connectivity index (χ2v) is 3.44. The number of hydrogen-bond donors (Lipinski definition) is 2. The second-order valence-electron chi connectivity index (χ2n) is 3.44. The highest BCUT2D eigenvalue weighted by atomic mass is 14.8. The van der Waals surface area contributed by atoms with Crippen LogP contribution in [0, 0.1) is 16.7 Å². The van der Waals surface area contributed by atoms with E-state index in [1.54, 1.807) is 0 Å². The molecule has 0 saturated carbocycles. The number of nitrogens with zero attached hydrogens (tertiary/aromatic N) is 1. The minimum absolute atomic E-state index is 0.252. The normalized spacial score (nSPS) is 13.8. The summed E-state index contributed by atoms with van der Waals surface area (Å²) < 4.78 is 0. The molecular formula is C9H13N3. The molecule has 0 radical (unpaired) electrons. The molecule has 0 saturated heterocycles. The van der Waals surface area contributed by atoms with E-state index < -0.39 is 5.41 Å². The van der Waals surface area contributed by atoms with E-state index in [1.165, 1.54) is 0 Å². The van der Waals surface area contributed by atoms with Crippen molar-refractivity contribution in [1.82, 2.24) is 4.98 Å². The fourth-order valence-electron chi connectivity index (χ4n) is 0.996. The number of nitrogens with two attached hydrogens (primary N) is 1. The van der Waals surface area contributed by atoms with Gasteiger partial charge in [0.05, 0.1) is 17.5 Å². The summed E-state index contributed by atoms with van der Waals surface area (Å²) in [6, 6.07) is 5.70. The van der Waals surface area contributed by atoms with E-state index in [4.69, 9.17) is 11.0 Å². The van der Waals surface area contributed by atoms with Crippen LogP contribution in [0.3, 0.4) is 0 Å². The third-order valence-corrected chi connectivity index (χ3v) is 2.02. The van der Waals surface area contributed by atoms with E-state index in [0.717, 1.165) is 5.69 Å². The average molecular weight is 163 g/mol. The standard InChI is InChI=1S/C9H13N3/c1-9(2,6-10)8(11)7-4-3-5-12-7/h3-5,8,12H,11H2,1-2H3. The summed E-state index contributed by atoms with van der Waals surface area (Å²) in [6.45, 7) is 3.66. The lowest BCUT2D eigenvalue weighted by Gasteiger charge is -2.22. The Bertz CT molecular complexity index is 279. The van der Waals surface area contributed by atoms with Gasteiger partial charge in [0.25, 0.3) is 0 Å². The van der Waals surface area contributed by atoms with Crippen molar-refractivity contribution in [1.29, 1.82) is 5.26 Å². The maximum Gasteiger partial charge on any atom is 0.0724 e. The van der Waals surface area contributed by atoms with E-state index in [-0.39, 0.29) is 6.04 Å². The molecule has 1 atom stereocenters. The van der Waals surface area contributed by atoms with Crippen LogP contribution in [0.1, 0.15) is 25.6 Å². The molecule has 1 aromatic rings. The molecule has 64 valence electrons. The number of nitrogens with one attached hydrogen (secondary N) is 1. The van der Waals surface area contributed by atoms with Gasteiger partial charge in [0, 0.05) is 11.9 Å². The second kappa shape index (κ2) is 3.00. The van der Waals surface area contributed by atoms with Crippen molar-refractivity contribution in [2.24, 2.45) is 11.1 Å². The van der Waals surface area contributed by atoms with Gasteiger partial charge in [0.1, 0.15) is 0 Å². The molecule has 3 nitrogen and oxygen atoms in total. The Balaban J connectivity index is 2.87. The Labute approximate surface area is 72.2 Å². The largest absolute Gasteiger partial charge is 0.364 e. The number of hydrogen-bond acceptors (Lipinski definition) is 2. The maximum absolute atomic E-state index is 8.82. The summed E-state index contributed by atoms with van der Waals surface area (Å²) in [6.07, 6.45) is 1.81. The lowest BCUT2D eigenvalue weighted by molar-refractivity contribution is 0.387. The van der Waals surface area contributed by atoms with Crippen LogP contribution >= 0.6 is 0 Å². The molecule has 0 spiro atoms. The Morgan fingerprint density at radius 1 is 1.67 bits per heavy atom. The molecule has 0 aliphatic rings. The van der Waals surface area contributed by atoms with Crippen molar-refractivity contribution >= 4 is 0 Å². The minimum atomic E-state index is -0.523. The van der Waals surface area contributed by atoms with Gasteiger partial charge in [0.15, 0.2) is 0 Å². The smallest absolute Gasteiger partial charge is 0.0724 e. The molecule has 1 aromatic heterocycles. The van der Waals surface area contributed by atoms with Gasteiger partial charge in [-0.3, -0.25) is 0 Å².